The normalized spacial score (nSPS) is 18.4. The highest BCUT2D eigenvalue weighted by Crippen LogP contribution is 2.26. The SMILES string of the molecule is CCCCOc1ccc2c(c1)C(=O)C(O)C2=O. The number of aliphatic hydroxyl groups is 1. The molecule has 0 bridgehead atoms. The summed E-state index contributed by atoms with van der Waals surface area (Å²) >= 11 is 0. The van der Waals surface area contributed by atoms with Gasteiger partial charge in [0, 0.05) is 11.1 Å². The van der Waals surface area contributed by atoms with Gasteiger partial charge in [-0.05, 0) is 24.6 Å². The highest BCUT2D eigenvalue weighted by atomic mass is 16.5. The van der Waals surface area contributed by atoms with Crippen molar-refractivity contribution in [2.45, 2.75) is 25.9 Å². The molecule has 1 aliphatic carbocycles. The number of carbonyl (C=O) groups is 2. The smallest absolute Gasteiger partial charge is 0.200 e. The maximum Gasteiger partial charge on any atom is 0.200 e. The van der Waals surface area contributed by atoms with Crippen LogP contribution in [0.15, 0.2) is 18.2 Å². The lowest BCUT2D eigenvalue weighted by atomic mass is 10.1. The molecule has 4 nitrogen and oxygen atoms in total. The van der Waals surface area contributed by atoms with E-state index in [1.165, 1.54) is 12.1 Å². The van der Waals surface area contributed by atoms with Crippen LogP contribution in [0.1, 0.15) is 40.5 Å². The molecule has 1 unspecified atom stereocenters. The number of carbonyl (C=O) groups excluding carboxylic acids is 2. The lowest BCUT2D eigenvalue weighted by Gasteiger charge is -2.06. The fourth-order valence-electron chi connectivity index (χ4n) is 1.78. The van der Waals surface area contributed by atoms with Gasteiger partial charge in [-0.15, -0.1) is 0 Å². The summed E-state index contributed by atoms with van der Waals surface area (Å²) in [5, 5.41) is 9.35. The van der Waals surface area contributed by atoms with E-state index in [9.17, 15) is 14.7 Å². The highest BCUT2D eigenvalue weighted by molar-refractivity contribution is 6.28. The average molecular weight is 234 g/mol. The summed E-state index contributed by atoms with van der Waals surface area (Å²) < 4.78 is 5.45. The first-order chi connectivity index (χ1) is 8.15. The molecule has 0 saturated heterocycles. The molecule has 1 atom stereocenters. The topological polar surface area (TPSA) is 63.6 Å². The van der Waals surface area contributed by atoms with Gasteiger partial charge in [-0.2, -0.15) is 0 Å². The number of Topliss-reactive ketones (excluding diaryl/α,β-unsaturated/α-hetero) is 2. The van der Waals surface area contributed by atoms with Crippen LogP contribution in [0.5, 0.6) is 5.75 Å². The van der Waals surface area contributed by atoms with Gasteiger partial charge in [0.1, 0.15) is 5.75 Å². The standard InChI is InChI=1S/C13H14O4/c1-2-3-6-17-8-4-5-9-10(7-8)12(15)13(16)11(9)14/h4-5,7,13,16H,2-3,6H2,1H3. The number of benzene rings is 1. The lowest BCUT2D eigenvalue weighted by Crippen LogP contribution is -2.20. The molecule has 0 heterocycles. The maximum absolute atomic E-state index is 11.6. The minimum atomic E-state index is -1.53. The number of aliphatic hydroxyl groups excluding tert-OH is 1. The van der Waals surface area contributed by atoms with Crippen molar-refractivity contribution in [1.29, 1.82) is 0 Å². The molecule has 1 aromatic carbocycles. The lowest BCUT2D eigenvalue weighted by molar-refractivity contribution is 0.0663. The number of rotatable bonds is 4. The third kappa shape index (κ3) is 2.08. The fraction of sp³-hybridized carbons (Fsp3) is 0.385. The molecule has 1 aliphatic rings. The zero-order valence-corrected chi connectivity index (χ0v) is 9.60. The Morgan fingerprint density at radius 2 is 1.94 bits per heavy atom. The highest BCUT2D eigenvalue weighted by Gasteiger charge is 2.37. The molecule has 1 N–H and O–H groups in total. The van der Waals surface area contributed by atoms with Crippen molar-refractivity contribution in [2.75, 3.05) is 6.61 Å². The zero-order chi connectivity index (χ0) is 12.4. The molecule has 0 radical (unpaired) electrons. The first-order valence-electron chi connectivity index (χ1n) is 5.68. The average Bonchev–Trinajstić information content (AvgIpc) is 2.55. The molecule has 1 aromatic rings. The van der Waals surface area contributed by atoms with E-state index in [1.807, 2.05) is 0 Å². The molecule has 2 rings (SSSR count). The number of hydrogen-bond acceptors (Lipinski definition) is 4. The van der Waals surface area contributed by atoms with Gasteiger partial charge in [-0.25, -0.2) is 0 Å². The molecule has 0 aliphatic heterocycles. The third-order valence-electron chi connectivity index (χ3n) is 2.79. The largest absolute Gasteiger partial charge is 0.494 e. The molecule has 0 fully saturated rings. The Labute approximate surface area is 99.2 Å². The first-order valence-corrected chi connectivity index (χ1v) is 5.68. The van der Waals surface area contributed by atoms with E-state index in [-0.39, 0.29) is 11.1 Å². The van der Waals surface area contributed by atoms with Crippen molar-refractivity contribution in [3.63, 3.8) is 0 Å². The van der Waals surface area contributed by atoms with Gasteiger partial charge >= 0.3 is 0 Å². The van der Waals surface area contributed by atoms with Gasteiger partial charge in [-0.3, -0.25) is 9.59 Å². The molecule has 0 aromatic heterocycles. The Morgan fingerprint density at radius 3 is 2.65 bits per heavy atom. The van der Waals surface area contributed by atoms with E-state index in [2.05, 4.69) is 6.92 Å². The van der Waals surface area contributed by atoms with E-state index >= 15 is 0 Å². The van der Waals surface area contributed by atoms with Crippen LogP contribution in [0.2, 0.25) is 0 Å². The van der Waals surface area contributed by atoms with Crippen LogP contribution >= 0.6 is 0 Å². The van der Waals surface area contributed by atoms with Crippen LogP contribution in [-0.2, 0) is 0 Å². The van der Waals surface area contributed by atoms with Gasteiger partial charge < -0.3 is 9.84 Å². The van der Waals surface area contributed by atoms with Crippen LogP contribution in [0.25, 0.3) is 0 Å². The van der Waals surface area contributed by atoms with Crippen molar-refractivity contribution in [3.05, 3.63) is 29.3 Å². The number of fused-ring (bicyclic) bond motifs is 1. The quantitative estimate of drug-likeness (QED) is 0.635. The Hall–Kier alpha value is -1.68. The molecule has 0 saturated carbocycles. The summed E-state index contributed by atoms with van der Waals surface area (Å²) in [7, 11) is 0. The monoisotopic (exact) mass is 234 g/mol. The second-order valence-corrected chi connectivity index (χ2v) is 4.04. The number of hydrogen-bond donors (Lipinski definition) is 1. The van der Waals surface area contributed by atoms with Gasteiger partial charge in [-0.1, -0.05) is 13.3 Å². The van der Waals surface area contributed by atoms with Crippen molar-refractivity contribution in [1.82, 2.24) is 0 Å². The van der Waals surface area contributed by atoms with Crippen molar-refractivity contribution in [2.24, 2.45) is 0 Å². The molecule has 90 valence electrons. The van der Waals surface area contributed by atoms with Crippen LogP contribution in [0, 0.1) is 0 Å². The zero-order valence-electron chi connectivity index (χ0n) is 9.60. The summed E-state index contributed by atoms with van der Waals surface area (Å²) in [6, 6.07) is 4.71. The third-order valence-corrected chi connectivity index (χ3v) is 2.79. The summed E-state index contributed by atoms with van der Waals surface area (Å²) in [6.45, 7) is 2.64. The molecule has 17 heavy (non-hydrogen) atoms. The second-order valence-electron chi connectivity index (χ2n) is 4.04. The van der Waals surface area contributed by atoms with Crippen LogP contribution in [-0.4, -0.2) is 29.4 Å². The summed E-state index contributed by atoms with van der Waals surface area (Å²) in [4.78, 5) is 23.0. The molecule has 0 spiro atoms. The van der Waals surface area contributed by atoms with Crippen molar-refractivity contribution in [3.8, 4) is 5.75 Å². The van der Waals surface area contributed by atoms with Gasteiger partial charge in [0.15, 0.2) is 17.7 Å². The van der Waals surface area contributed by atoms with Gasteiger partial charge in [0.2, 0.25) is 0 Å². The summed E-state index contributed by atoms with van der Waals surface area (Å²) in [5.74, 6) is -0.497. The van der Waals surface area contributed by atoms with E-state index in [0.717, 1.165) is 12.8 Å². The number of ether oxygens (including phenoxy) is 1. The van der Waals surface area contributed by atoms with E-state index in [0.29, 0.717) is 12.4 Å². The molecule has 0 amide bonds. The van der Waals surface area contributed by atoms with E-state index in [1.54, 1.807) is 6.07 Å². The van der Waals surface area contributed by atoms with Gasteiger partial charge in [0.25, 0.3) is 0 Å². The summed E-state index contributed by atoms with van der Waals surface area (Å²) in [6.07, 6.45) is 0.434. The summed E-state index contributed by atoms with van der Waals surface area (Å²) in [5.41, 5.74) is 0.543. The predicted octanol–water partition coefficient (Wildman–Crippen LogP) is 1.61. The predicted molar refractivity (Wildman–Crippen MR) is 61.5 cm³/mol. The van der Waals surface area contributed by atoms with E-state index < -0.39 is 17.7 Å². The number of unbranched alkanes of at least 4 members (excludes halogenated alkanes) is 1. The van der Waals surface area contributed by atoms with Gasteiger partial charge in [0.05, 0.1) is 6.61 Å². The Morgan fingerprint density at radius 1 is 1.24 bits per heavy atom. The fourth-order valence-corrected chi connectivity index (χ4v) is 1.78. The molecule has 4 heteroatoms. The number of ketones is 2. The minimum Gasteiger partial charge on any atom is -0.494 e. The Bertz CT molecular complexity index is 464. The second kappa shape index (κ2) is 4.67. The van der Waals surface area contributed by atoms with Crippen LogP contribution in [0.3, 0.4) is 0 Å². The van der Waals surface area contributed by atoms with Crippen LogP contribution in [0.4, 0.5) is 0 Å². The Balaban J connectivity index is 2.21. The van der Waals surface area contributed by atoms with Crippen molar-refractivity contribution >= 4 is 11.6 Å². The minimum absolute atomic E-state index is 0.261. The Kier molecular flexibility index (Phi) is 3.24. The van der Waals surface area contributed by atoms with E-state index in [4.69, 9.17) is 4.74 Å². The van der Waals surface area contributed by atoms with Crippen molar-refractivity contribution < 1.29 is 19.4 Å². The molecular formula is C13H14O4. The molecular weight excluding hydrogens is 220 g/mol. The maximum atomic E-state index is 11.6. The van der Waals surface area contributed by atoms with Crippen LogP contribution < -0.4 is 4.74 Å². The first kappa shape index (κ1) is 11.8.